The predicted octanol–water partition coefficient (Wildman–Crippen LogP) is 1.12. The fraction of sp³-hybridized carbons (Fsp3) is 0.130. The maximum atomic E-state index is 12.7. The molecule has 4 rings (SSSR count). The number of hydrogen-bond donors (Lipinski definition) is 3. The van der Waals surface area contributed by atoms with Gasteiger partial charge in [-0.1, -0.05) is 12.1 Å². The van der Waals surface area contributed by atoms with Gasteiger partial charge in [-0.15, -0.1) is 0 Å². The van der Waals surface area contributed by atoms with E-state index in [0.29, 0.717) is 23.4 Å². The molecule has 0 atom stereocenters. The molecule has 0 aliphatic carbocycles. The van der Waals surface area contributed by atoms with E-state index in [-0.39, 0.29) is 42.3 Å². The number of rotatable bonds is 7. The van der Waals surface area contributed by atoms with Gasteiger partial charge in [0.1, 0.15) is 0 Å². The fourth-order valence-corrected chi connectivity index (χ4v) is 3.37. The quantitative estimate of drug-likeness (QED) is 0.342. The van der Waals surface area contributed by atoms with Gasteiger partial charge in [0, 0.05) is 68.2 Å². The number of nitrogens with two attached hydrogens (primary N) is 1. The summed E-state index contributed by atoms with van der Waals surface area (Å²) in [6, 6.07) is 11.5. The molecule has 1 amide bonds. The van der Waals surface area contributed by atoms with Crippen LogP contribution in [0.25, 0.3) is 11.3 Å². The summed E-state index contributed by atoms with van der Waals surface area (Å²) in [4.78, 5) is 40.6. The molecule has 35 heavy (non-hydrogen) atoms. The van der Waals surface area contributed by atoms with Crippen molar-refractivity contribution < 1.29 is 14.7 Å². The molecule has 0 aliphatic rings. The van der Waals surface area contributed by atoms with Crippen LogP contribution in [-0.4, -0.2) is 60.4 Å². The summed E-state index contributed by atoms with van der Waals surface area (Å²) in [5, 5.41) is 20.1. The number of nitrogens with one attached hydrogen (secondary N) is 1. The van der Waals surface area contributed by atoms with Gasteiger partial charge < -0.3 is 16.2 Å². The maximum Gasteiger partial charge on any atom is 0.358 e. The third-order valence-electron chi connectivity index (χ3n) is 4.99. The number of carboxylic acid groups (broad SMARTS) is 1. The van der Waals surface area contributed by atoms with E-state index >= 15 is 0 Å². The second kappa shape index (κ2) is 10.9. The largest absolute Gasteiger partial charge is 0.476 e. The summed E-state index contributed by atoms with van der Waals surface area (Å²) >= 11 is 0. The molecule has 12 heteroatoms. The zero-order valence-corrected chi connectivity index (χ0v) is 19.2. The molecular formula is C23H21LiN7O4. The number of amides is 1. The van der Waals surface area contributed by atoms with Gasteiger partial charge in [0.05, 0.1) is 17.9 Å². The third kappa shape index (κ3) is 5.91. The van der Waals surface area contributed by atoms with Crippen LogP contribution in [0.15, 0.2) is 65.8 Å². The van der Waals surface area contributed by atoms with Crippen LogP contribution in [0.1, 0.15) is 32.0 Å². The van der Waals surface area contributed by atoms with Crippen molar-refractivity contribution in [1.29, 1.82) is 0 Å². The van der Waals surface area contributed by atoms with Crippen LogP contribution in [-0.2, 0) is 20.1 Å². The number of aromatic nitrogens is 5. The smallest absolute Gasteiger partial charge is 0.358 e. The van der Waals surface area contributed by atoms with Gasteiger partial charge in [-0.05, 0) is 35.4 Å². The number of benzene rings is 1. The van der Waals surface area contributed by atoms with Crippen molar-refractivity contribution in [2.75, 3.05) is 5.32 Å². The van der Waals surface area contributed by atoms with E-state index in [4.69, 9.17) is 5.73 Å². The van der Waals surface area contributed by atoms with E-state index in [1.807, 2.05) is 6.07 Å². The predicted molar refractivity (Wildman–Crippen MR) is 129 cm³/mol. The molecule has 1 aromatic carbocycles. The van der Waals surface area contributed by atoms with Crippen LogP contribution in [0.3, 0.4) is 0 Å². The van der Waals surface area contributed by atoms with Gasteiger partial charge in [0.2, 0.25) is 0 Å². The molecule has 0 aliphatic heterocycles. The van der Waals surface area contributed by atoms with Gasteiger partial charge >= 0.3 is 5.97 Å². The summed E-state index contributed by atoms with van der Waals surface area (Å²) in [7, 11) is 1.56. The average Bonchev–Trinajstić information content (AvgIpc) is 3.21. The van der Waals surface area contributed by atoms with E-state index in [1.165, 1.54) is 21.6 Å². The molecule has 0 fully saturated rings. The molecular weight excluding hydrogens is 445 g/mol. The van der Waals surface area contributed by atoms with E-state index in [0.717, 1.165) is 11.1 Å². The standard InChI is InChI=1S/C23H21N7O4.Li/c1-29-13-19(21(28-29)23(33)34)26-22(32)16-4-2-3-14(7-16)12-30-20(31)6-5-18(27-30)17-8-15(9-24)10-25-11-17;/h2-8,10-11,13H,9,12,24H2,1H3,(H,26,32)(H,33,34);. The molecule has 0 spiro atoms. The van der Waals surface area contributed by atoms with Crippen LogP contribution in [0, 0.1) is 0 Å². The molecule has 3 aromatic heterocycles. The molecule has 4 N–H and O–H groups in total. The van der Waals surface area contributed by atoms with Crippen LogP contribution >= 0.6 is 0 Å². The topological polar surface area (TPSA) is 158 Å². The summed E-state index contributed by atoms with van der Waals surface area (Å²) < 4.78 is 2.60. The Hall–Kier alpha value is -4.04. The Labute approximate surface area is 211 Å². The van der Waals surface area contributed by atoms with Crippen LogP contribution in [0.4, 0.5) is 5.69 Å². The molecule has 11 nitrogen and oxygen atoms in total. The van der Waals surface area contributed by atoms with E-state index < -0.39 is 11.9 Å². The zero-order valence-electron chi connectivity index (χ0n) is 19.2. The van der Waals surface area contributed by atoms with Crippen molar-refractivity contribution in [2.45, 2.75) is 13.1 Å². The van der Waals surface area contributed by atoms with Gasteiger partial charge in [-0.25, -0.2) is 9.48 Å². The first-order chi connectivity index (χ1) is 16.3. The molecule has 0 saturated heterocycles. The fourth-order valence-electron chi connectivity index (χ4n) is 3.37. The van der Waals surface area contributed by atoms with Crippen molar-refractivity contribution >= 4 is 36.4 Å². The average molecular weight is 466 g/mol. The van der Waals surface area contributed by atoms with Crippen LogP contribution < -0.4 is 16.6 Å². The van der Waals surface area contributed by atoms with E-state index in [1.54, 1.807) is 49.8 Å². The molecule has 1 radical (unpaired) electrons. The summed E-state index contributed by atoms with van der Waals surface area (Å²) in [5.74, 6) is -1.75. The second-order valence-corrected chi connectivity index (χ2v) is 7.53. The Bertz CT molecular complexity index is 1450. The molecule has 0 unspecified atom stereocenters. The van der Waals surface area contributed by atoms with Gasteiger partial charge in [-0.3, -0.25) is 19.3 Å². The minimum atomic E-state index is -1.25. The van der Waals surface area contributed by atoms with Gasteiger partial charge in [0.15, 0.2) is 5.69 Å². The van der Waals surface area contributed by atoms with Gasteiger partial charge in [0.25, 0.3) is 11.5 Å². The van der Waals surface area contributed by atoms with Crippen LogP contribution in [0.5, 0.6) is 0 Å². The Morgan fingerprint density at radius 3 is 2.63 bits per heavy atom. The van der Waals surface area contributed by atoms with Crippen molar-refractivity contribution in [3.63, 3.8) is 0 Å². The normalized spacial score (nSPS) is 10.5. The van der Waals surface area contributed by atoms with Gasteiger partial charge in [-0.2, -0.15) is 10.2 Å². The summed E-state index contributed by atoms with van der Waals surface area (Å²) in [6.07, 6.45) is 4.72. The first-order valence-electron chi connectivity index (χ1n) is 10.2. The summed E-state index contributed by atoms with van der Waals surface area (Å²) in [6.45, 7) is 0.466. The Morgan fingerprint density at radius 2 is 1.89 bits per heavy atom. The number of aryl methyl sites for hydroxylation is 1. The van der Waals surface area contributed by atoms with Crippen molar-refractivity contribution in [2.24, 2.45) is 12.8 Å². The number of carboxylic acids is 1. The number of pyridine rings is 1. The number of anilines is 1. The number of nitrogens with zero attached hydrogens (tertiary/aromatic N) is 5. The monoisotopic (exact) mass is 466 g/mol. The zero-order chi connectivity index (χ0) is 24.2. The van der Waals surface area contributed by atoms with Crippen molar-refractivity contribution in [1.82, 2.24) is 24.5 Å². The SMILES string of the molecule is Cn1cc(NC(=O)c2cccc(Cn3nc(-c4cncc(CN)c4)ccc3=O)c2)c(C(=O)O)n1.[Li]. The number of carbonyl (C=O) groups excluding carboxylic acids is 1. The maximum absolute atomic E-state index is 12.7. The minimum absolute atomic E-state index is 0. The first-order valence-corrected chi connectivity index (χ1v) is 10.2. The molecule has 0 saturated carbocycles. The molecule has 4 aromatic rings. The number of aromatic carboxylic acids is 1. The summed E-state index contributed by atoms with van der Waals surface area (Å²) in [5.41, 5.74) is 8.31. The third-order valence-corrected chi connectivity index (χ3v) is 4.99. The molecule has 173 valence electrons. The van der Waals surface area contributed by atoms with Crippen molar-refractivity contribution in [3.05, 3.63) is 93.8 Å². The van der Waals surface area contributed by atoms with Crippen LogP contribution in [0.2, 0.25) is 0 Å². The number of carbonyl (C=O) groups is 2. The Morgan fingerprint density at radius 1 is 1.09 bits per heavy atom. The number of hydrogen-bond acceptors (Lipinski definition) is 7. The van der Waals surface area contributed by atoms with E-state index in [9.17, 15) is 19.5 Å². The Balaban J connectivity index is 0.00000342. The molecule has 0 bridgehead atoms. The first kappa shape index (κ1) is 25.6. The van der Waals surface area contributed by atoms with E-state index in [2.05, 4.69) is 20.5 Å². The Kier molecular flexibility index (Phi) is 7.98. The molecule has 3 heterocycles. The minimum Gasteiger partial charge on any atom is -0.476 e. The second-order valence-electron chi connectivity index (χ2n) is 7.53. The van der Waals surface area contributed by atoms with Crippen molar-refractivity contribution in [3.8, 4) is 11.3 Å².